The molecule has 0 fully saturated rings. The number of rotatable bonds is 6. The fraction of sp³-hybridized carbons (Fsp3) is 0.200. The molecule has 25 heavy (non-hydrogen) atoms. The van der Waals surface area contributed by atoms with Crippen LogP contribution in [0, 0.1) is 0 Å². The van der Waals surface area contributed by atoms with Crippen LogP contribution in [0.2, 0.25) is 0 Å². The van der Waals surface area contributed by atoms with Gasteiger partial charge in [0.15, 0.2) is 4.80 Å². The zero-order chi connectivity index (χ0) is 17.6. The van der Waals surface area contributed by atoms with Crippen molar-refractivity contribution < 1.29 is 9.53 Å². The standard InChI is InChI=1S/C20H20N2O2S/c1-3-12-22-17-11-10-16(24-4-2)14-18(17)25-20(22)21-19(23)13-15-8-6-5-7-9-15/h3,5-11,14H,1,4,12-13H2,2H3. The van der Waals surface area contributed by atoms with Gasteiger partial charge in [-0.25, -0.2) is 0 Å². The van der Waals surface area contributed by atoms with Crippen molar-refractivity contribution in [3.8, 4) is 5.75 Å². The van der Waals surface area contributed by atoms with Crippen LogP contribution < -0.4 is 9.54 Å². The number of thiazole rings is 1. The summed E-state index contributed by atoms with van der Waals surface area (Å²) in [6.45, 7) is 6.99. The molecular weight excluding hydrogens is 332 g/mol. The minimum Gasteiger partial charge on any atom is -0.494 e. The summed E-state index contributed by atoms with van der Waals surface area (Å²) in [6, 6.07) is 15.6. The van der Waals surface area contributed by atoms with Crippen molar-refractivity contribution in [2.45, 2.75) is 19.9 Å². The highest BCUT2D eigenvalue weighted by Gasteiger charge is 2.09. The number of ether oxygens (including phenoxy) is 1. The first-order valence-electron chi connectivity index (χ1n) is 8.20. The average Bonchev–Trinajstić information content (AvgIpc) is 2.93. The topological polar surface area (TPSA) is 43.6 Å². The number of allylic oxidation sites excluding steroid dienone is 1. The van der Waals surface area contributed by atoms with Gasteiger partial charge in [-0.2, -0.15) is 4.99 Å². The number of carbonyl (C=O) groups excluding carboxylic acids is 1. The second-order valence-electron chi connectivity index (χ2n) is 5.51. The molecular formula is C20H20N2O2S. The number of hydrogen-bond acceptors (Lipinski definition) is 3. The molecule has 4 nitrogen and oxygen atoms in total. The fourth-order valence-electron chi connectivity index (χ4n) is 2.62. The first-order chi connectivity index (χ1) is 12.2. The Morgan fingerprint density at radius 2 is 2.08 bits per heavy atom. The van der Waals surface area contributed by atoms with E-state index >= 15 is 0 Å². The van der Waals surface area contributed by atoms with E-state index in [1.807, 2.05) is 66.1 Å². The molecule has 1 aromatic heterocycles. The van der Waals surface area contributed by atoms with E-state index in [4.69, 9.17) is 4.74 Å². The molecule has 0 bridgehead atoms. The smallest absolute Gasteiger partial charge is 0.252 e. The van der Waals surface area contributed by atoms with Gasteiger partial charge >= 0.3 is 0 Å². The molecule has 1 heterocycles. The molecule has 0 spiro atoms. The number of amides is 1. The van der Waals surface area contributed by atoms with Crippen molar-refractivity contribution in [2.24, 2.45) is 4.99 Å². The molecule has 1 amide bonds. The van der Waals surface area contributed by atoms with Crippen molar-refractivity contribution in [3.63, 3.8) is 0 Å². The van der Waals surface area contributed by atoms with Gasteiger partial charge in [0, 0.05) is 6.54 Å². The Bertz CT molecular complexity index is 955. The van der Waals surface area contributed by atoms with E-state index in [-0.39, 0.29) is 5.91 Å². The Morgan fingerprint density at radius 3 is 2.80 bits per heavy atom. The van der Waals surface area contributed by atoms with E-state index in [2.05, 4.69) is 11.6 Å². The van der Waals surface area contributed by atoms with Crippen LogP contribution in [0.4, 0.5) is 0 Å². The van der Waals surface area contributed by atoms with Gasteiger partial charge in [0.2, 0.25) is 0 Å². The van der Waals surface area contributed by atoms with Gasteiger partial charge in [-0.3, -0.25) is 4.79 Å². The molecule has 0 atom stereocenters. The lowest BCUT2D eigenvalue weighted by molar-refractivity contribution is -0.117. The zero-order valence-electron chi connectivity index (χ0n) is 14.1. The van der Waals surface area contributed by atoms with Crippen LogP contribution in [0.15, 0.2) is 66.2 Å². The molecule has 128 valence electrons. The Kier molecular flexibility index (Phi) is 5.46. The molecule has 2 aromatic carbocycles. The first kappa shape index (κ1) is 17.2. The van der Waals surface area contributed by atoms with Gasteiger partial charge in [-0.05, 0) is 30.7 Å². The van der Waals surface area contributed by atoms with Crippen LogP contribution in [-0.2, 0) is 17.8 Å². The van der Waals surface area contributed by atoms with Gasteiger partial charge in [-0.1, -0.05) is 47.7 Å². The highest BCUT2D eigenvalue weighted by molar-refractivity contribution is 7.16. The minimum absolute atomic E-state index is 0.152. The monoisotopic (exact) mass is 352 g/mol. The first-order valence-corrected chi connectivity index (χ1v) is 9.01. The van der Waals surface area contributed by atoms with E-state index in [0.29, 0.717) is 24.4 Å². The molecule has 0 aliphatic rings. The Labute approximate surface area is 150 Å². The van der Waals surface area contributed by atoms with Crippen LogP contribution in [0.1, 0.15) is 12.5 Å². The summed E-state index contributed by atoms with van der Waals surface area (Å²) in [5, 5.41) is 0. The van der Waals surface area contributed by atoms with Crippen molar-refractivity contribution in [1.82, 2.24) is 4.57 Å². The maximum atomic E-state index is 12.4. The number of carbonyl (C=O) groups is 1. The van der Waals surface area contributed by atoms with Crippen molar-refractivity contribution in [2.75, 3.05) is 6.61 Å². The van der Waals surface area contributed by atoms with E-state index in [0.717, 1.165) is 21.5 Å². The van der Waals surface area contributed by atoms with E-state index in [1.54, 1.807) is 0 Å². The molecule has 0 saturated carbocycles. The van der Waals surface area contributed by atoms with Gasteiger partial charge in [-0.15, -0.1) is 6.58 Å². The van der Waals surface area contributed by atoms with Crippen LogP contribution in [0.25, 0.3) is 10.2 Å². The Hall–Kier alpha value is -2.66. The minimum atomic E-state index is -0.152. The van der Waals surface area contributed by atoms with Gasteiger partial charge in [0.1, 0.15) is 5.75 Å². The van der Waals surface area contributed by atoms with E-state index in [9.17, 15) is 4.79 Å². The molecule has 3 aromatic rings. The van der Waals surface area contributed by atoms with Crippen LogP contribution in [0.5, 0.6) is 5.75 Å². The second kappa shape index (κ2) is 7.94. The third-order valence-electron chi connectivity index (χ3n) is 3.70. The zero-order valence-corrected chi connectivity index (χ0v) is 15.0. The maximum Gasteiger partial charge on any atom is 0.252 e. The summed E-state index contributed by atoms with van der Waals surface area (Å²) in [5.41, 5.74) is 1.99. The molecule has 0 unspecified atom stereocenters. The Morgan fingerprint density at radius 1 is 1.28 bits per heavy atom. The lowest BCUT2D eigenvalue weighted by Gasteiger charge is -2.04. The third kappa shape index (κ3) is 4.06. The van der Waals surface area contributed by atoms with Gasteiger partial charge in [0.05, 0.1) is 23.2 Å². The van der Waals surface area contributed by atoms with Crippen LogP contribution in [-0.4, -0.2) is 17.1 Å². The number of fused-ring (bicyclic) bond motifs is 1. The maximum absolute atomic E-state index is 12.4. The fourth-order valence-corrected chi connectivity index (χ4v) is 3.70. The quantitative estimate of drug-likeness (QED) is 0.630. The largest absolute Gasteiger partial charge is 0.494 e. The molecule has 0 radical (unpaired) electrons. The third-order valence-corrected chi connectivity index (χ3v) is 4.74. The number of hydrogen-bond donors (Lipinski definition) is 0. The summed E-state index contributed by atoms with van der Waals surface area (Å²) in [6.07, 6.45) is 2.11. The predicted molar refractivity (Wildman–Crippen MR) is 102 cm³/mol. The lowest BCUT2D eigenvalue weighted by Crippen LogP contribution is -2.16. The summed E-state index contributed by atoms with van der Waals surface area (Å²) in [5.74, 6) is 0.671. The second-order valence-corrected chi connectivity index (χ2v) is 6.52. The van der Waals surface area contributed by atoms with Gasteiger partial charge in [0.25, 0.3) is 5.91 Å². The number of benzene rings is 2. The summed E-state index contributed by atoms with van der Waals surface area (Å²) in [4.78, 5) is 17.4. The number of nitrogens with zero attached hydrogens (tertiary/aromatic N) is 2. The highest BCUT2D eigenvalue weighted by atomic mass is 32.1. The highest BCUT2D eigenvalue weighted by Crippen LogP contribution is 2.23. The molecule has 0 N–H and O–H groups in total. The molecule has 0 aliphatic heterocycles. The van der Waals surface area contributed by atoms with Crippen LogP contribution in [0.3, 0.4) is 0 Å². The molecule has 5 heteroatoms. The van der Waals surface area contributed by atoms with E-state index < -0.39 is 0 Å². The molecule has 0 saturated heterocycles. The lowest BCUT2D eigenvalue weighted by atomic mass is 10.1. The van der Waals surface area contributed by atoms with Crippen molar-refractivity contribution in [3.05, 3.63) is 71.6 Å². The summed E-state index contributed by atoms with van der Waals surface area (Å²) < 4.78 is 8.61. The Balaban J connectivity index is 1.99. The van der Waals surface area contributed by atoms with Gasteiger partial charge < -0.3 is 9.30 Å². The summed E-state index contributed by atoms with van der Waals surface area (Å²) in [7, 11) is 0. The summed E-state index contributed by atoms with van der Waals surface area (Å²) >= 11 is 1.49. The SMILES string of the molecule is C=CCn1c(=NC(=O)Cc2ccccc2)sc2cc(OCC)ccc21. The van der Waals surface area contributed by atoms with Crippen molar-refractivity contribution >= 4 is 27.5 Å². The van der Waals surface area contributed by atoms with Crippen molar-refractivity contribution in [1.29, 1.82) is 0 Å². The molecule has 0 aliphatic carbocycles. The predicted octanol–water partition coefficient (Wildman–Crippen LogP) is 3.96. The molecule has 3 rings (SSSR count). The average molecular weight is 352 g/mol. The number of aromatic nitrogens is 1. The normalized spacial score (nSPS) is 11.6. The van der Waals surface area contributed by atoms with Crippen LogP contribution >= 0.6 is 11.3 Å². The van der Waals surface area contributed by atoms with E-state index in [1.165, 1.54) is 11.3 Å².